The first-order valence-corrected chi connectivity index (χ1v) is 8.04. The van der Waals surface area contributed by atoms with Gasteiger partial charge in [0.25, 0.3) is 0 Å². The summed E-state index contributed by atoms with van der Waals surface area (Å²) in [5.74, 6) is 1.31. The molecule has 0 aliphatic rings. The van der Waals surface area contributed by atoms with Gasteiger partial charge in [0.15, 0.2) is 0 Å². The van der Waals surface area contributed by atoms with E-state index in [-0.39, 0.29) is 11.8 Å². The minimum absolute atomic E-state index is 0.0200. The van der Waals surface area contributed by atoms with Gasteiger partial charge in [0.05, 0.1) is 0 Å². The normalized spacial score (nSPS) is 12.9. The molecule has 0 spiro atoms. The molecule has 1 rings (SSSR count). The second-order valence-corrected chi connectivity index (χ2v) is 7.14. The van der Waals surface area contributed by atoms with Gasteiger partial charge in [-0.3, -0.25) is 4.79 Å². The molecule has 1 aromatic heterocycles. The monoisotopic (exact) mass is 298 g/mol. The standard InChI is InChI=1S/C14H26N4OS/c1-9(2)5-11(8-15)7-12(19)16-14-18-17-13(20-14)6-10(3)4/h9-11H,5-8,15H2,1-4H3,(H,16,18,19)/t11-/m0/s1. The van der Waals surface area contributed by atoms with Crippen molar-refractivity contribution in [2.45, 2.75) is 47.0 Å². The summed E-state index contributed by atoms with van der Waals surface area (Å²) in [4.78, 5) is 12.0. The van der Waals surface area contributed by atoms with E-state index in [2.05, 4.69) is 43.2 Å². The minimum atomic E-state index is -0.0200. The number of nitrogens with two attached hydrogens (primary N) is 1. The molecule has 6 heteroatoms. The van der Waals surface area contributed by atoms with Gasteiger partial charge in [-0.15, -0.1) is 10.2 Å². The zero-order valence-corrected chi connectivity index (χ0v) is 13.7. The summed E-state index contributed by atoms with van der Waals surface area (Å²) in [5.41, 5.74) is 5.72. The summed E-state index contributed by atoms with van der Waals surface area (Å²) >= 11 is 1.45. The molecule has 1 atom stereocenters. The van der Waals surface area contributed by atoms with E-state index in [9.17, 15) is 4.79 Å². The number of hydrogen-bond acceptors (Lipinski definition) is 5. The average Bonchev–Trinajstić information content (AvgIpc) is 2.73. The number of rotatable bonds is 8. The van der Waals surface area contributed by atoms with Crippen LogP contribution in [0, 0.1) is 17.8 Å². The van der Waals surface area contributed by atoms with Crippen LogP contribution in [0.3, 0.4) is 0 Å². The van der Waals surface area contributed by atoms with Crippen molar-refractivity contribution in [2.24, 2.45) is 23.5 Å². The van der Waals surface area contributed by atoms with E-state index in [1.165, 1.54) is 11.3 Å². The molecule has 0 unspecified atom stereocenters. The molecule has 114 valence electrons. The highest BCUT2D eigenvalue weighted by Crippen LogP contribution is 2.20. The van der Waals surface area contributed by atoms with E-state index < -0.39 is 0 Å². The van der Waals surface area contributed by atoms with Crippen LogP contribution >= 0.6 is 11.3 Å². The van der Waals surface area contributed by atoms with Crippen molar-refractivity contribution in [3.8, 4) is 0 Å². The van der Waals surface area contributed by atoms with Crippen molar-refractivity contribution in [1.82, 2.24) is 10.2 Å². The van der Waals surface area contributed by atoms with Crippen molar-refractivity contribution in [1.29, 1.82) is 0 Å². The van der Waals surface area contributed by atoms with E-state index in [1.807, 2.05) is 0 Å². The summed E-state index contributed by atoms with van der Waals surface area (Å²) in [7, 11) is 0. The summed E-state index contributed by atoms with van der Waals surface area (Å²) in [6, 6.07) is 0. The van der Waals surface area contributed by atoms with Gasteiger partial charge in [-0.25, -0.2) is 0 Å². The zero-order chi connectivity index (χ0) is 15.1. The van der Waals surface area contributed by atoms with E-state index in [1.54, 1.807) is 0 Å². The maximum atomic E-state index is 12.0. The van der Waals surface area contributed by atoms with E-state index in [0.29, 0.717) is 29.9 Å². The number of nitrogens with one attached hydrogen (secondary N) is 1. The first kappa shape index (κ1) is 17.0. The molecular formula is C14H26N4OS. The average molecular weight is 298 g/mol. The van der Waals surface area contributed by atoms with Gasteiger partial charge in [-0.2, -0.15) is 0 Å². The van der Waals surface area contributed by atoms with Gasteiger partial charge >= 0.3 is 0 Å². The minimum Gasteiger partial charge on any atom is -0.330 e. The summed E-state index contributed by atoms with van der Waals surface area (Å²) in [6.45, 7) is 9.10. The molecule has 20 heavy (non-hydrogen) atoms. The number of anilines is 1. The van der Waals surface area contributed by atoms with Crippen LogP contribution in [0.5, 0.6) is 0 Å². The molecule has 0 fully saturated rings. The van der Waals surface area contributed by atoms with Gasteiger partial charge in [0.2, 0.25) is 11.0 Å². The molecule has 5 nitrogen and oxygen atoms in total. The van der Waals surface area contributed by atoms with Crippen molar-refractivity contribution < 1.29 is 4.79 Å². The highest BCUT2D eigenvalue weighted by molar-refractivity contribution is 7.15. The molecule has 1 amide bonds. The fourth-order valence-electron chi connectivity index (χ4n) is 2.10. The third-order valence-electron chi connectivity index (χ3n) is 2.91. The van der Waals surface area contributed by atoms with E-state index >= 15 is 0 Å². The Bertz CT molecular complexity index is 417. The maximum absolute atomic E-state index is 12.0. The van der Waals surface area contributed by atoms with Crippen molar-refractivity contribution in [3.63, 3.8) is 0 Å². The molecular weight excluding hydrogens is 272 g/mol. The van der Waals surface area contributed by atoms with Crippen LogP contribution in [0.15, 0.2) is 0 Å². The molecule has 1 aromatic rings. The highest BCUT2D eigenvalue weighted by atomic mass is 32.1. The molecule has 0 bridgehead atoms. The Balaban J connectivity index is 2.47. The fraction of sp³-hybridized carbons (Fsp3) is 0.786. The molecule has 3 N–H and O–H groups in total. The first-order chi connectivity index (χ1) is 9.40. The number of carbonyl (C=O) groups excluding carboxylic acids is 1. The Morgan fingerprint density at radius 2 is 1.95 bits per heavy atom. The second-order valence-electron chi connectivity index (χ2n) is 6.08. The summed E-state index contributed by atoms with van der Waals surface area (Å²) in [6.07, 6.45) is 2.32. The Morgan fingerprint density at radius 3 is 2.50 bits per heavy atom. The van der Waals surface area contributed by atoms with Crippen LogP contribution < -0.4 is 11.1 Å². The summed E-state index contributed by atoms with van der Waals surface area (Å²) in [5, 5.41) is 12.5. The number of amides is 1. The lowest BCUT2D eigenvalue weighted by Gasteiger charge is -2.15. The summed E-state index contributed by atoms with van der Waals surface area (Å²) < 4.78 is 0. The first-order valence-electron chi connectivity index (χ1n) is 7.23. The Kier molecular flexibility index (Phi) is 7.09. The lowest BCUT2D eigenvalue weighted by atomic mass is 9.94. The quantitative estimate of drug-likeness (QED) is 0.773. The van der Waals surface area contributed by atoms with Crippen molar-refractivity contribution in [2.75, 3.05) is 11.9 Å². The Morgan fingerprint density at radius 1 is 1.25 bits per heavy atom. The molecule has 0 saturated heterocycles. The molecule has 0 aliphatic carbocycles. The third-order valence-corrected chi connectivity index (χ3v) is 3.77. The Labute approximate surface area is 125 Å². The van der Waals surface area contributed by atoms with Gasteiger partial charge in [0, 0.05) is 12.8 Å². The van der Waals surface area contributed by atoms with Gasteiger partial charge in [-0.05, 0) is 30.7 Å². The van der Waals surface area contributed by atoms with Crippen LogP contribution in [-0.2, 0) is 11.2 Å². The largest absolute Gasteiger partial charge is 0.330 e. The number of hydrogen-bond donors (Lipinski definition) is 2. The number of carbonyl (C=O) groups is 1. The van der Waals surface area contributed by atoms with Gasteiger partial charge in [-0.1, -0.05) is 39.0 Å². The van der Waals surface area contributed by atoms with Crippen LogP contribution in [0.1, 0.15) is 45.5 Å². The zero-order valence-electron chi connectivity index (χ0n) is 12.8. The smallest absolute Gasteiger partial charge is 0.226 e. The lowest BCUT2D eigenvalue weighted by Crippen LogP contribution is -2.23. The van der Waals surface area contributed by atoms with E-state index in [0.717, 1.165) is 17.8 Å². The molecule has 1 heterocycles. The number of nitrogens with zero attached hydrogens (tertiary/aromatic N) is 2. The molecule has 0 saturated carbocycles. The van der Waals surface area contributed by atoms with Crippen molar-refractivity contribution in [3.05, 3.63) is 5.01 Å². The maximum Gasteiger partial charge on any atom is 0.226 e. The molecule has 0 aromatic carbocycles. The van der Waals surface area contributed by atoms with Crippen LogP contribution in [0.25, 0.3) is 0 Å². The van der Waals surface area contributed by atoms with Gasteiger partial charge in [0.1, 0.15) is 5.01 Å². The van der Waals surface area contributed by atoms with Crippen LogP contribution in [0.2, 0.25) is 0 Å². The Hall–Kier alpha value is -1.01. The van der Waals surface area contributed by atoms with Crippen LogP contribution in [0.4, 0.5) is 5.13 Å². The molecule has 0 radical (unpaired) electrons. The third kappa shape index (κ3) is 6.43. The predicted octanol–water partition coefficient (Wildman–Crippen LogP) is 2.69. The lowest BCUT2D eigenvalue weighted by molar-refractivity contribution is -0.117. The SMILES string of the molecule is CC(C)Cc1nnc(NC(=O)C[C@@H](CN)CC(C)C)s1. The molecule has 0 aliphatic heterocycles. The van der Waals surface area contributed by atoms with Gasteiger partial charge < -0.3 is 11.1 Å². The predicted molar refractivity (Wildman–Crippen MR) is 83.7 cm³/mol. The topological polar surface area (TPSA) is 80.9 Å². The number of aromatic nitrogens is 2. The fourth-order valence-corrected chi connectivity index (χ4v) is 3.07. The highest BCUT2D eigenvalue weighted by Gasteiger charge is 2.15. The van der Waals surface area contributed by atoms with Crippen LogP contribution in [-0.4, -0.2) is 22.6 Å². The van der Waals surface area contributed by atoms with E-state index in [4.69, 9.17) is 5.73 Å². The van der Waals surface area contributed by atoms with Crippen molar-refractivity contribution >= 4 is 22.4 Å². The second kappa shape index (κ2) is 8.32.